The normalized spacial score (nSPS) is 12.6. The van der Waals surface area contributed by atoms with Crippen LogP contribution in [0.1, 0.15) is 30.0 Å². The monoisotopic (exact) mass is 231 g/mol. The summed E-state index contributed by atoms with van der Waals surface area (Å²) >= 11 is 0. The minimum atomic E-state index is -0.00639. The number of nitrogens with zero attached hydrogens (tertiary/aromatic N) is 4. The summed E-state index contributed by atoms with van der Waals surface area (Å²) in [4.78, 5) is 8.76. The lowest BCUT2D eigenvalue weighted by Gasteiger charge is -2.16. The molecule has 0 fully saturated rings. The van der Waals surface area contributed by atoms with Gasteiger partial charge in [-0.3, -0.25) is 4.68 Å². The highest BCUT2D eigenvalue weighted by Gasteiger charge is 2.18. The van der Waals surface area contributed by atoms with Crippen molar-refractivity contribution in [2.75, 3.05) is 6.54 Å². The lowest BCUT2D eigenvalue weighted by atomic mass is 10.2. The van der Waals surface area contributed by atoms with Crippen LogP contribution in [-0.4, -0.2) is 26.3 Å². The van der Waals surface area contributed by atoms with E-state index in [1.54, 1.807) is 6.20 Å². The van der Waals surface area contributed by atoms with E-state index in [4.69, 9.17) is 0 Å². The molecule has 0 aromatic carbocycles. The zero-order chi connectivity index (χ0) is 12.3. The lowest BCUT2D eigenvalue weighted by molar-refractivity contribution is 0.548. The van der Waals surface area contributed by atoms with Crippen LogP contribution in [0.3, 0.4) is 0 Å². The summed E-state index contributed by atoms with van der Waals surface area (Å²) in [6, 6.07) is 1.98. The Labute approximate surface area is 101 Å². The maximum atomic E-state index is 4.38. The van der Waals surface area contributed by atoms with E-state index in [-0.39, 0.29) is 6.04 Å². The number of aromatic nitrogens is 4. The van der Waals surface area contributed by atoms with E-state index in [0.29, 0.717) is 0 Å². The zero-order valence-corrected chi connectivity index (χ0v) is 10.4. The van der Waals surface area contributed by atoms with Crippen LogP contribution in [0.15, 0.2) is 24.7 Å². The van der Waals surface area contributed by atoms with Crippen LogP contribution < -0.4 is 5.32 Å². The van der Waals surface area contributed by atoms with Gasteiger partial charge in [0.25, 0.3) is 0 Å². The minimum Gasteiger partial charge on any atom is -0.303 e. The summed E-state index contributed by atoms with van der Waals surface area (Å²) in [5.74, 6) is 0.779. The van der Waals surface area contributed by atoms with E-state index in [2.05, 4.69) is 27.3 Å². The van der Waals surface area contributed by atoms with E-state index in [1.807, 2.05) is 37.1 Å². The summed E-state index contributed by atoms with van der Waals surface area (Å²) < 4.78 is 1.84. The fourth-order valence-corrected chi connectivity index (χ4v) is 1.75. The van der Waals surface area contributed by atoms with Crippen molar-refractivity contribution in [3.8, 4) is 0 Å². The molecule has 2 rings (SSSR count). The fourth-order valence-electron chi connectivity index (χ4n) is 1.75. The standard InChI is InChI=1S/C12H17N5/c1-4-13-11(10-5-6-16-17(10)3)12-14-7-9(2)8-15-12/h5-8,11,13H,4H2,1-3H3. The van der Waals surface area contributed by atoms with Gasteiger partial charge in [-0.2, -0.15) is 5.10 Å². The van der Waals surface area contributed by atoms with Crippen molar-refractivity contribution in [1.29, 1.82) is 0 Å². The number of nitrogens with one attached hydrogen (secondary N) is 1. The number of rotatable bonds is 4. The van der Waals surface area contributed by atoms with Crippen LogP contribution in [0.5, 0.6) is 0 Å². The Morgan fingerprint density at radius 1 is 1.35 bits per heavy atom. The molecule has 0 saturated carbocycles. The van der Waals surface area contributed by atoms with Gasteiger partial charge in [0, 0.05) is 25.6 Å². The molecule has 0 aliphatic rings. The zero-order valence-electron chi connectivity index (χ0n) is 10.4. The molecule has 5 heteroatoms. The molecule has 1 unspecified atom stereocenters. The Hall–Kier alpha value is -1.75. The molecule has 2 aromatic rings. The molecule has 0 aliphatic heterocycles. The third kappa shape index (κ3) is 2.50. The highest BCUT2D eigenvalue weighted by atomic mass is 15.3. The number of aryl methyl sites for hydroxylation is 2. The molecule has 1 N–H and O–H groups in total. The molecule has 0 aliphatic carbocycles. The molecule has 90 valence electrons. The lowest BCUT2D eigenvalue weighted by Crippen LogP contribution is -2.26. The second kappa shape index (κ2) is 5.05. The molecule has 1 atom stereocenters. The highest BCUT2D eigenvalue weighted by molar-refractivity contribution is 5.17. The van der Waals surface area contributed by atoms with Gasteiger partial charge in [0.15, 0.2) is 5.82 Å². The van der Waals surface area contributed by atoms with E-state index in [9.17, 15) is 0 Å². The Bertz CT molecular complexity index is 474. The first-order valence-corrected chi connectivity index (χ1v) is 5.72. The maximum absolute atomic E-state index is 4.38. The largest absolute Gasteiger partial charge is 0.303 e. The number of hydrogen-bond donors (Lipinski definition) is 1. The fraction of sp³-hybridized carbons (Fsp3) is 0.417. The van der Waals surface area contributed by atoms with Gasteiger partial charge in [-0.05, 0) is 25.1 Å². The Morgan fingerprint density at radius 3 is 2.59 bits per heavy atom. The third-order valence-corrected chi connectivity index (χ3v) is 2.62. The summed E-state index contributed by atoms with van der Waals surface area (Å²) in [5, 5.41) is 7.56. The van der Waals surface area contributed by atoms with Crippen molar-refractivity contribution in [3.05, 3.63) is 41.7 Å². The predicted molar refractivity (Wildman–Crippen MR) is 65.5 cm³/mol. The predicted octanol–water partition coefficient (Wildman–Crippen LogP) is 1.22. The molecule has 0 radical (unpaired) electrons. The van der Waals surface area contributed by atoms with Crippen LogP contribution in [-0.2, 0) is 7.05 Å². The van der Waals surface area contributed by atoms with Crippen molar-refractivity contribution >= 4 is 0 Å². The SMILES string of the molecule is CCNC(c1ncc(C)cn1)c1ccnn1C. The van der Waals surface area contributed by atoms with Crippen LogP contribution in [0.4, 0.5) is 0 Å². The quantitative estimate of drug-likeness (QED) is 0.859. The Balaban J connectivity index is 2.35. The molecule has 17 heavy (non-hydrogen) atoms. The first-order valence-electron chi connectivity index (χ1n) is 5.72. The van der Waals surface area contributed by atoms with Gasteiger partial charge in [-0.25, -0.2) is 9.97 Å². The molecule has 0 saturated heterocycles. The molecular formula is C12H17N5. The summed E-state index contributed by atoms with van der Waals surface area (Å²) in [5.41, 5.74) is 2.13. The maximum Gasteiger partial charge on any atom is 0.151 e. The highest BCUT2D eigenvalue weighted by Crippen LogP contribution is 2.17. The van der Waals surface area contributed by atoms with Gasteiger partial charge >= 0.3 is 0 Å². The van der Waals surface area contributed by atoms with Crippen molar-refractivity contribution in [1.82, 2.24) is 25.1 Å². The van der Waals surface area contributed by atoms with Crippen LogP contribution >= 0.6 is 0 Å². The smallest absolute Gasteiger partial charge is 0.151 e. The van der Waals surface area contributed by atoms with Crippen molar-refractivity contribution in [2.24, 2.45) is 7.05 Å². The van der Waals surface area contributed by atoms with Crippen molar-refractivity contribution < 1.29 is 0 Å². The van der Waals surface area contributed by atoms with E-state index in [1.165, 1.54) is 0 Å². The second-order valence-electron chi connectivity index (χ2n) is 3.99. The average Bonchev–Trinajstić information content (AvgIpc) is 2.74. The Kier molecular flexibility index (Phi) is 3.49. The average molecular weight is 231 g/mol. The Morgan fingerprint density at radius 2 is 2.06 bits per heavy atom. The summed E-state index contributed by atoms with van der Waals surface area (Å²) in [6.45, 7) is 4.90. The molecule has 2 aromatic heterocycles. The first kappa shape index (κ1) is 11.7. The topological polar surface area (TPSA) is 55.6 Å². The van der Waals surface area contributed by atoms with Gasteiger partial charge in [0.1, 0.15) is 6.04 Å². The van der Waals surface area contributed by atoms with Crippen LogP contribution in [0.25, 0.3) is 0 Å². The van der Waals surface area contributed by atoms with Gasteiger partial charge in [0.05, 0.1) is 5.69 Å². The van der Waals surface area contributed by atoms with E-state index < -0.39 is 0 Å². The van der Waals surface area contributed by atoms with Crippen LogP contribution in [0.2, 0.25) is 0 Å². The minimum absolute atomic E-state index is 0.00639. The third-order valence-electron chi connectivity index (χ3n) is 2.62. The van der Waals surface area contributed by atoms with E-state index >= 15 is 0 Å². The molecule has 2 heterocycles. The van der Waals surface area contributed by atoms with Crippen molar-refractivity contribution in [3.63, 3.8) is 0 Å². The van der Waals surface area contributed by atoms with Crippen LogP contribution in [0, 0.1) is 6.92 Å². The van der Waals surface area contributed by atoms with E-state index in [0.717, 1.165) is 23.6 Å². The van der Waals surface area contributed by atoms with Gasteiger partial charge in [-0.1, -0.05) is 6.92 Å². The van der Waals surface area contributed by atoms with Gasteiger partial charge in [0.2, 0.25) is 0 Å². The molecule has 0 amide bonds. The van der Waals surface area contributed by atoms with Gasteiger partial charge < -0.3 is 5.32 Å². The van der Waals surface area contributed by atoms with Crippen molar-refractivity contribution in [2.45, 2.75) is 19.9 Å². The molecule has 0 bridgehead atoms. The van der Waals surface area contributed by atoms with Gasteiger partial charge in [-0.15, -0.1) is 0 Å². The molecular weight excluding hydrogens is 214 g/mol. The number of hydrogen-bond acceptors (Lipinski definition) is 4. The summed E-state index contributed by atoms with van der Waals surface area (Å²) in [6.07, 6.45) is 5.46. The first-order chi connectivity index (χ1) is 8.22. The molecule has 0 spiro atoms. The molecule has 5 nitrogen and oxygen atoms in total. The summed E-state index contributed by atoms with van der Waals surface area (Å²) in [7, 11) is 1.92. The second-order valence-corrected chi connectivity index (χ2v) is 3.99.